The van der Waals surface area contributed by atoms with Crippen LogP contribution in [0.2, 0.25) is 5.02 Å². The van der Waals surface area contributed by atoms with Crippen LogP contribution in [-0.2, 0) is 16.6 Å². The second kappa shape index (κ2) is 6.89. The summed E-state index contributed by atoms with van der Waals surface area (Å²) in [5.41, 5.74) is 6.35. The van der Waals surface area contributed by atoms with Crippen LogP contribution in [0.1, 0.15) is 33.3 Å². The lowest BCUT2D eigenvalue weighted by Crippen LogP contribution is -2.39. The van der Waals surface area contributed by atoms with E-state index >= 15 is 0 Å². The quantitative estimate of drug-likeness (QED) is 0.877. The lowest BCUT2D eigenvalue weighted by Gasteiger charge is -2.28. The molecule has 0 atom stereocenters. The maximum Gasteiger partial charge on any atom is 0.244 e. The van der Waals surface area contributed by atoms with Crippen LogP contribution in [-0.4, -0.2) is 25.3 Å². The molecule has 0 unspecified atom stereocenters. The Kier molecular flexibility index (Phi) is 6.01. The average molecular weight is 319 g/mol. The van der Waals surface area contributed by atoms with Crippen molar-refractivity contribution in [3.05, 3.63) is 28.8 Å². The van der Waals surface area contributed by atoms with Crippen molar-refractivity contribution in [1.82, 2.24) is 4.31 Å². The van der Waals surface area contributed by atoms with Crippen molar-refractivity contribution >= 4 is 21.6 Å². The van der Waals surface area contributed by atoms with Crippen molar-refractivity contribution in [2.45, 2.75) is 45.2 Å². The largest absolute Gasteiger partial charge is 0.326 e. The first-order valence-corrected chi connectivity index (χ1v) is 8.52. The second-order valence-corrected chi connectivity index (χ2v) is 7.80. The molecule has 2 N–H and O–H groups in total. The fraction of sp³-hybridized carbons (Fsp3) is 0.571. The number of sulfonamides is 1. The molecule has 0 amide bonds. The Hall–Kier alpha value is -0.620. The van der Waals surface area contributed by atoms with Crippen molar-refractivity contribution < 1.29 is 8.42 Å². The predicted octanol–water partition coefficient (Wildman–Crippen LogP) is 2.85. The Balaban J connectivity index is 3.26. The van der Waals surface area contributed by atoms with Gasteiger partial charge in [0.15, 0.2) is 0 Å². The highest BCUT2D eigenvalue weighted by Crippen LogP contribution is 2.27. The van der Waals surface area contributed by atoms with Gasteiger partial charge in [0.2, 0.25) is 10.0 Å². The summed E-state index contributed by atoms with van der Waals surface area (Å²) in [4.78, 5) is 0.144. The third kappa shape index (κ3) is 3.95. The Labute approximate surface area is 127 Å². The van der Waals surface area contributed by atoms with Crippen molar-refractivity contribution in [2.24, 2.45) is 11.7 Å². The SMILES string of the molecule is CC(C)CN(C(C)C)S(=O)(=O)c1ccc(CN)cc1Cl. The molecular weight excluding hydrogens is 296 g/mol. The molecule has 0 bridgehead atoms. The molecule has 0 heterocycles. The highest BCUT2D eigenvalue weighted by atomic mass is 35.5. The van der Waals surface area contributed by atoms with Gasteiger partial charge in [-0.15, -0.1) is 0 Å². The molecule has 1 aromatic carbocycles. The third-order valence-electron chi connectivity index (χ3n) is 2.94. The summed E-state index contributed by atoms with van der Waals surface area (Å²) in [5.74, 6) is 0.245. The molecule has 0 fully saturated rings. The molecule has 0 radical (unpaired) electrons. The molecule has 4 nitrogen and oxygen atoms in total. The van der Waals surface area contributed by atoms with Gasteiger partial charge in [-0.25, -0.2) is 8.42 Å². The van der Waals surface area contributed by atoms with Gasteiger partial charge in [0, 0.05) is 19.1 Å². The molecule has 0 aliphatic rings. The van der Waals surface area contributed by atoms with Gasteiger partial charge in [0.25, 0.3) is 0 Å². The van der Waals surface area contributed by atoms with E-state index in [-0.39, 0.29) is 21.9 Å². The van der Waals surface area contributed by atoms with Gasteiger partial charge < -0.3 is 5.73 Å². The second-order valence-electron chi connectivity index (χ2n) is 5.53. The van der Waals surface area contributed by atoms with Crippen LogP contribution in [0.5, 0.6) is 0 Å². The van der Waals surface area contributed by atoms with Crippen LogP contribution in [0.25, 0.3) is 0 Å². The number of benzene rings is 1. The smallest absolute Gasteiger partial charge is 0.244 e. The van der Waals surface area contributed by atoms with Gasteiger partial charge in [-0.3, -0.25) is 0 Å². The first-order valence-electron chi connectivity index (χ1n) is 6.70. The molecular formula is C14H23ClN2O2S. The highest BCUT2D eigenvalue weighted by molar-refractivity contribution is 7.89. The minimum atomic E-state index is -3.59. The van der Waals surface area contributed by atoms with Gasteiger partial charge >= 0.3 is 0 Å². The summed E-state index contributed by atoms with van der Waals surface area (Å²) < 4.78 is 27.0. The molecule has 6 heteroatoms. The van der Waals surface area contributed by atoms with E-state index in [1.165, 1.54) is 10.4 Å². The number of nitrogens with two attached hydrogens (primary N) is 1. The normalized spacial score (nSPS) is 12.7. The van der Waals surface area contributed by atoms with E-state index in [0.717, 1.165) is 5.56 Å². The summed E-state index contributed by atoms with van der Waals surface area (Å²) in [6.07, 6.45) is 0. The summed E-state index contributed by atoms with van der Waals surface area (Å²) in [6.45, 7) is 8.51. The first-order chi connectivity index (χ1) is 9.20. The summed E-state index contributed by atoms with van der Waals surface area (Å²) in [5, 5.41) is 0.224. The van der Waals surface area contributed by atoms with Crippen LogP contribution >= 0.6 is 11.6 Å². The predicted molar refractivity (Wildman–Crippen MR) is 83.2 cm³/mol. The minimum absolute atomic E-state index is 0.118. The molecule has 0 saturated heterocycles. The molecule has 1 rings (SSSR count). The van der Waals surface area contributed by atoms with E-state index < -0.39 is 10.0 Å². The fourth-order valence-corrected chi connectivity index (χ4v) is 4.30. The van der Waals surface area contributed by atoms with Gasteiger partial charge in [0.1, 0.15) is 4.90 Å². The van der Waals surface area contributed by atoms with Crippen LogP contribution in [0.15, 0.2) is 23.1 Å². The summed E-state index contributed by atoms with van der Waals surface area (Å²) in [6, 6.07) is 4.73. The number of hydrogen-bond acceptors (Lipinski definition) is 3. The lowest BCUT2D eigenvalue weighted by molar-refractivity contribution is 0.319. The molecule has 1 aromatic rings. The molecule has 0 aliphatic carbocycles. The van der Waals surface area contributed by atoms with Crippen LogP contribution in [0.4, 0.5) is 0 Å². The van der Waals surface area contributed by atoms with Gasteiger partial charge in [-0.2, -0.15) is 4.31 Å². The maximum absolute atomic E-state index is 12.7. The Morgan fingerprint density at radius 3 is 2.25 bits per heavy atom. The zero-order valence-electron chi connectivity index (χ0n) is 12.4. The van der Waals surface area contributed by atoms with Crippen LogP contribution in [0, 0.1) is 5.92 Å². The molecule has 0 spiro atoms. The maximum atomic E-state index is 12.7. The summed E-state index contributed by atoms with van der Waals surface area (Å²) >= 11 is 6.12. The summed E-state index contributed by atoms with van der Waals surface area (Å²) in [7, 11) is -3.59. The van der Waals surface area contributed by atoms with E-state index in [0.29, 0.717) is 13.1 Å². The highest BCUT2D eigenvalue weighted by Gasteiger charge is 2.29. The average Bonchev–Trinajstić information content (AvgIpc) is 2.34. The van der Waals surface area contributed by atoms with Crippen molar-refractivity contribution in [1.29, 1.82) is 0 Å². The van der Waals surface area contributed by atoms with Crippen molar-refractivity contribution in [3.63, 3.8) is 0 Å². The Morgan fingerprint density at radius 1 is 1.25 bits per heavy atom. The van der Waals surface area contributed by atoms with E-state index in [2.05, 4.69) is 0 Å². The zero-order chi connectivity index (χ0) is 15.5. The Morgan fingerprint density at radius 2 is 1.85 bits per heavy atom. The van der Waals surface area contributed by atoms with Crippen molar-refractivity contribution in [3.8, 4) is 0 Å². The van der Waals surface area contributed by atoms with Crippen LogP contribution in [0.3, 0.4) is 0 Å². The van der Waals surface area contributed by atoms with Crippen LogP contribution < -0.4 is 5.73 Å². The molecule has 20 heavy (non-hydrogen) atoms. The molecule has 0 aliphatic heterocycles. The Bertz CT molecular complexity index is 556. The van der Waals surface area contributed by atoms with E-state index in [1.807, 2.05) is 27.7 Å². The molecule has 114 valence electrons. The standard InChI is InChI=1S/C14H23ClN2O2S/c1-10(2)9-17(11(3)4)20(18,19)14-6-5-12(8-16)7-13(14)15/h5-7,10-11H,8-9,16H2,1-4H3. The van der Waals surface area contributed by atoms with Gasteiger partial charge in [-0.1, -0.05) is 31.5 Å². The number of halogens is 1. The first kappa shape index (κ1) is 17.4. The van der Waals surface area contributed by atoms with E-state index in [4.69, 9.17) is 17.3 Å². The molecule has 0 aromatic heterocycles. The van der Waals surface area contributed by atoms with Crippen molar-refractivity contribution in [2.75, 3.05) is 6.54 Å². The van der Waals surface area contributed by atoms with E-state index in [9.17, 15) is 8.42 Å². The number of rotatable bonds is 6. The topological polar surface area (TPSA) is 63.4 Å². The monoisotopic (exact) mass is 318 g/mol. The van der Waals surface area contributed by atoms with Gasteiger partial charge in [-0.05, 0) is 37.5 Å². The minimum Gasteiger partial charge on any atom is -0.326 e. The molecule has 0 saturated carbocycles. The zero-order valence-corrected chi connectivity index (χ0v) is 14.0. The third-order valence-corrected chi connectivity index (χ3v) is 5.46. The lowest BCUT2D eigenvalue weighted by atomic mass is 10.2. The van der Waals surface area contributed by atoms with Gasteiger partial charge in [0.05, 0.1) is 5.02 Å². The fourth-order valence-electron chi connectivity index (χ4n) is 1.95. The van der Waals surface area contributed by atoms with E-state index in [1.54, 1.807) is 12.1 Å². The number of nitrogens with zero attached hydrogens (tertiary/aromatic N) is 1. The number of hydrogen-bond donors (Lipinski definition) is 1.